The number of anilines is 2. The van der Waals surface area contributed by atoms with Crippen molar-refractivity contribution in [1.29, 1.82) is 0 Å². The fourth-order valence-corrected chi connectivity index (χ4v) is 2.06. The molecule has 0 saturated carbocycles. The van der Waals surface area contributed by atoms with Gasteiger partial charge in [0.25, 0.3) is 0 Å². The van der Waals surface area contributed by atoms with Crippen molar-refractivity contribution < 1.29 is 9.18 Å². The minimum atomic E-state index is -0.409. The van der Waals surface area contributed by atoms with Crippen LogP contribution in [-0.2, 0) is 4.79 Å². The second kappa shape index (κ2) is 9.34. The van der Waals surface area contributed by atoms with Gasteiger partial charge in [-0.1, -0.05) is 26.7 Å². The maximum atomic E-state index is 13.2. The molecule has 0 bridgehead atoms. The first-order valence-electron chi connectivity index (χ1n) is 7.64. The van der Waals surface area contributed by atoms with Crippen molar-refractivity contribution in [2.75, 3.05) is 30.7 Å². The highest BCUT2D eigenvalue weighted by Gasteiger charge is 2.11. The first-order valence-corrected chi connectivity index (χ1v) is 7.64. The highest BCUT2D eigenvalue weighted by Crippen LogP contribution is 2.19. The zero-order valence-corrected chi connectivity index (χ0v) is 13.0. The number of unbranched alkanes of at least 4 members (excludes halogenated alkanes) is 2. The fourth-order valence-electron chi connectivity index (χ4n) is 2.06. The average Bonchev–Trinajstić information content (AvgIpc) is 2.45. The number of amides is 1. The van der Waals surface area contributed by atoms with E-state index in [1.165, 1.54) is 18.2 Å². The number of nitrogens with one attached hydrogen (secondary N) is 1. The van der Waals surface area contributed by atoms with Crippen LogP contribution in [0.4, 0.5) is 15.8 Å². The SMILES string of the molecule is CCCCN(CCCC)CC(=O)Nc1cc(F)ccc1N. The van der Waals surface area contributed by atoms with E-state index >= 15 is 0 Å². The number of hydrogen-bond acceptors (Lipinski definition) is 3. The third-order valence-electron chi connectivity index (χ3n) is 3.31. The number of rotatable bonds is 9. The van der Waals surface area contributed by atoms with Gasteiger partial charge in [0.15, 0.2) is 0 Å². The number of carbonyl (C=O) groups excluding carboxylic acids is 1. The summed E-state index contributed by atoms with van der Waals surface area (Å²) in [5.41, 5.74) is 6.45. The molecule has 0 saturated heterocycles. The Balaban J connectivity index is 2.57. The molecule has 118 valence electrons. The van der Waals surface area contributed by atoms with E-state index in [1.54, 1.807) is 0 Å². The van der Waals surface area contributed by atoms with Gasteiger partial charge in [-0.3, -0.25) is 9.69 Å². The van der Waals surface area contributed by atoms with E-state index in [-0.39, 0.29) is 5.91 Å². The summed E-state index contributed by atoms with van der Waals surface area (Å²) in [7, 11) is 0. The quantitative estimate of drug-likeness (QED) is 0.688. The highest BCUT2D eigenvalue weighted by atomic mass is 19.1. The summed E-state index contributed by atoms with van der Waals surface area (Å²) in [5.74, 6) is -0.562. The molecule has 0 aliphatic heterocycles. The van der Waals surface area contributed by atoms with E-state index in [0.29, 0.717) is 17.9 Å². The molecule has 4 nitrogen and oxygen atoms in total. The van der Waals surface area contributed by atoms with Crippen LogP contribution in [0.25, 0.3) is 0 Å². The molecule has 3 N–H and O–H groups in total. The summed E-state index contributed by atoms with van der Waals surface area (Å²) < 4.78 is 13.2. The van der Waals surface area contributed by atoms with E-state index in [4.69, 9.17) is 5.73 Å². The number of benzene rings is 1. The maximum Gasteiger partial charge on any atom is 0.238 e. The summed E-state index contributed by atoms with van der Waals surface area (Å²) in [4.78, 5) is 14.2. The van der Waals surface area contributed by atoms with Crippen molar-refractivity contribution in [1.82, 2.24) is 4.90 Å². The fraction of sp³-hybridized carbons (Fsp3) is 0.562. The van der Waals surface area contributed by atoms with E-state index in [2.05, 4.69) is 24.1 Å². The highest BCUT2D eigenvalue weighted by molar-refractivity contribution is 5.95. The monoisotopic (exact) mass is 295 g/mol. The minimum Gasteiger partial charge on any atom is -0.397 e. The normalized spacial score (nSPS) is 10.9. The van der Waals surface area contributed by atoms with Crippen molar-refractivity contribution in [2.24, 2.45) is 0 Å². The Morgan fingerprint density at radius 3 is 2.43 bits per heavy atom. The third kappa shape index (κ3) is 6.58. The van der Waals surface area contributed by atoms with Crippen LogP contribution in [0.3, 0.4) is 0 Å². The lowest BCUT2D eigenvalue weighted by Gasteiger charge is -2.21. The molecule has 1 aromatic rings. The number of halogens is 1. The second-order valence-electron chi connectivity index (χ2n) is 5.26. The molecule has 0 aromatic heterocycles. The van der Waals surface area contributed by atoms with Gasteiger partial charge >= 0.3 is 0 Å². The van der Waals surface area contributed by atoms with Crippen LogP contribution in [0.5, 0.6) is 0 Å². The van der Waals surface area contributed by atoms with Crippen molar-refractivity contribution in [3.8, 4) is 0 Å². The van der Waals surface area contributed by atoms with Crippen molar-refractivity contribution in [3.63, 3.8) is 0 Å². The Morgan fingerprint density at radius 1 is 1.24 bits per heavy atom. The van der Waals surface area contributed by atoms with Gasteiger partial charge in [0, 0.05) is 0 Å². The molecule has 0 atom stereocenters. The van der Waals surface area contributed by atoms with Crippen molar-refractivity contribution >= 4 is 17.3 Å². The predicted octanol–water partition coefficient (Wildman–Crippen LogP) is 3.25. The molecular weight excluding hydrogens is 269 g/mol. The molecule has 0 aliphatic rings. The molecule has 0 aliphatic carbocycles. The van der Waals surface area contributed by atoms with Crippen LogP contribution in [-0.4, -0.2) is 30.4 Å². The molecule has 0 heterocycles. The van der Waals surface area contributed by atoms with E-state index in [0.717, 1.165) is 38.8 Å². The molecule has 0 fully saturated rings. The third-order valence-corrected chi connectivity index (χ3v) is 3.31. The molecule has 0 spiro atoms. The number of nitrogens with two attached hydrogens (primary N) is 1. The lowest BCUT2D eigenvalue weighted by atomic mass is 10.2. The number of hydrogen-bond donors (Lipinski definition) is 2. The minimum absolute atomic E-state index is 0.153. The number of nitrogen functional groups attached to an aromatic ring is 1. The Morgan fingerprint density at radius 2 is 1.86 bits per heavy atom. The van der Waals surface area contributed by atoms with Crippen LogP contribution in [0.1, 0.15) is 39.5 Å². The lowest BCUT2D eigenvalue weighted by Crippen LogP contribution is -2.34. The lowest BCUT2D eigenvalue weighted by molar-refractivity contribution is -0.117. The Bertz CT molecular complexity index is 443. The molecular formula is C16H26FN3O. The maximum absolute atomic E-state index is 13.2. The molecule has 1 aromatic carbocycles. The van der Waals surface area contributed by atoms with Crippen LogP contribution in [0.15, 0.2) is 18.2 Å². The topological polar surface area (TPSA) is 58.4 Å². The van der Waals surface area contributed by atoms with Gasteiger partial charge in [0.2, 0.25) is 5.91 Å². The number of nitrogens with zero attached hydrogens (tertiary/aromatic N) is 1. The zero-order valence-electron chi connectivity index (χ0n) is 13.0. The summed E-state index contributed by atoms with van der Waals surface area (Å²) in [6, 6.07) is 3.98. The van der Waals surface area contributed by atoms with E-state index in [1.807, 2.05) is 0 Å². The van der Waals surface area contributed by atoms with Gasteiger partial charge in [0.05, 0.1) is 17.9 Å². The second-order valence-corrected chi connectivity index (χ2v) is 5.26. The number of carbonyl (C=O) groups is 1. The van der Waals surface area contributed by atoms with Gasteiger partial charge in [0.1, 0.15) is 5.82 Å². The standard InChI is InChI=1S/C16H26FN3O/c1-3-5-9-20(10-6-4-2)12-16(21)19-15-11-13(17)7-8-14(15)18/h7-8,11H,3-6,9-10,12,18H2,1-2H3,(H,19,21). The van der Waals surface area contributed by atoms with Crippen LogP contribution < -0.4 is 11.1 Å². The first kappa shape index (κ1) is 17.4. The zero-order chi connectivity index (χ0) is 15.7. The van der Waals surface area contributed by atoms with E-state index in [9.17, 15) is 9.18 Å². The van der Waals surface area contributed by atoms with Crippen molar-refractivity contribution in [3.05, 3.63) is 24.0 Å². The smallest absolute Gasteiger partial charge is 0.238 e. The summed E-state index contributed by atoms with van der Waals surface area (Å²) >= 11 is 0. The average molecular weight is 295 g/mol. The largest absolute Gasteiger partial charge is 0.397 e. The van der Waals surface area contributed by atoms with Gasteiger partial charge in [-0.15, -0.1) is 0 Å². The molecule has 21 heavy (non-hydrogen) atoms. The van der Waals surface area contributed by atoms with Crippen LogP contribution >= 0.6 is 0 Å². The molecule has 1 amide bonds. The predicted molar refractivity (Wildman–Crippen MR) is 85.7 cm³/mol. The van der Waals surface area contributed by atoms with Gasteiger partial charge in [-0.25, -0.2) is 4.39 Å². The molecule has 0 unspecified atom stereocenters. The summed E-state index contributed by atoms with van der Waals surface area (Å²) in [6.07, 6.45) is 4.33. The van der Waals surface area contributed by atoms with Gasteiger partial charge in [-0.2, -0.15) is 0 Å². The van der Waals surface area contributed by atoms with E-state index < -0.39 is 5.82 Å². The van der Waals surface area contributed by atoms with Gasteiger partial charge in [-0.05, 0) is 44.1 Å². The summed E-state index contributed by atoms with van der Waals surface area (Å²) in [5, 5.41) is 2.69. The Labute approximate surface area is 126 Å². The Kier molecular flexibility index (Phi) is 7.75. The van der Waals surface area contributed by atoms with Crippen molar-refractivity contribution in [2.45, 2.75) is 39.5 Å². The first-order chi connectivity index (χ1) is 10.1. The molecule has 5 heteroatoms. The molecule has 1 rings (SSSR count). The summed E-state index contributed by atoms with van der Waals surface area (Å²) in [6.45, 7) is 6.39. The Hall–Kier alpha value is -1.62. The van der Waals surface area contributed by atoms with Crippen LogP contribution in [0, 0.1) is 5.82 Å². The van der Waals surface area contributed by atoms with Crippen LogP contribution in [0.2, 0.25) is 0 Å². The van der Waals surface area contributed by atoms with Gasteiger partial charge < -0.3 is 11.1 Å². The molecule has 0 radical (unpaired) electrons.